The van der Waals surface area contributed by atoms with Gasteiger partial charge in [-0.25, -0.2) is 4.39 Å². The molecule has 1 amide bonds. The number of methoxy groups -OCH3 is 1. The fourth-order valence-electron chi connectivity index (χ4n) is 1.71. The minimum atomic E-state index is -0.415. The van der Waals surface area contributed by atoms with Crippen molar-refractivity contribution in [3.05, 3.63) is 59.4 Å². The smallest absolute Gasteiger partial charge is 0.255 e. The molecular formula is C15H13BrFNO2. The number of hydrogen-bond donors (Lipinski definition) is 1. The third-order valence-electron chi connectivity index (χ3n) is 2.78. The van der Waals surface area contributed by atoms with E-state index in [0.717, 1.165) is 10.9 Å². The van der Waals surface area contributed by atoms with Gasteiger partial charge in [-0.1, -0.05) is 28.1 Å². The highest BCUT2D eigenvalue weighted by Gasteiger charge is 2.10. The lowest BCUT2D eigenvalue weighted by atomic mass is 10.1. The fraction of sp³-hybridized carbons (Fsp3) is 0.133. The molecule has 0 fully saturated rings. The van der Waals surface area contributed by atoms with E-state index in [1.165, 1.54) is 25.3 Å². The first-order valence-electron chi connectivity index (χ1n) is 5.94. The molecule has 0 unspecified atom stereocenters. The standard InChI is InChI=1S/C15H13BrFNO2/c1-20-14-8-12(17)6-7-13(14)18-15(19)11-4-2-10(9-16)3-5-11/h2-8H,9H2,1H3,(H,18,19). The van der Waals surface area contributed by atoms with Crippen molar-refractivity contribution in [2.45, 2.75) is 5.33 Å². The number of halogens is 2. The lowest BCUT2D eigenvalue weighted by Gasteiger charge is -2.10. The third kappa shape index (κ3) is 3.36. The van der Waals surface area contributed by atoms with Crippen molar-refractivity contribution < 1.29 is 13.9 Å². The first kappa shape index (κ1) is 14.5. The second kappa shape index (κ2) is 6.52. The van der Waals surface area contributed by atoms with E-state index in [4.69, 9.17) is 4.74 Å². The van der Waals surface area contributed by atoms with Crippen molar-refractivity contribution in [1.29, 1.82) is 0 Å². The van der Waals surface area contributed by atoms with Gasteiger partial charge in [-0.15, -0.1) is 0 Å². The van der Waals surface area contributed by atoms with E-state index in [9.17, 15) is 9.18 Å². The lowest BCUT2D eigenvalue weighted by Crippen LogP contribution is -2.12. The van der Waals surface area contributed by atoms with E-state index in [-0.39, 0.29) is 11.7 Å². The molecule has 1 N–H and O–H groups in total. The van der Waals surface area contributed by atoms with E-state index in [1.807, 2.05) is 12.1 Å². The van der Waals surface area contributed by atoms with Gasteiger partial charge in [0.25, 0.3) is 5.91 Å². The van der Waals surface area contributed by atoms with E-state index >= 15 is 0 Å². The molecule has 2 aromatic carbocycles. The molecule has 0 saturated heterocycles. The largest absolute Gasteiger partial charge is 0.494 e. The van der Waals surface area contributed by atoms with Gasteiger partial charge in [0.1, 0.15) is 11.6 Å². The van der Waals surface area contributed by atoms with Crippen molar-refractivity contribution in [3.8, 4) is 5.75 Å². The zero-order valence-corrected chi connectivity index (χ0v) is 12.4. The Morgan fingerprint density at radius 2 is 1.95 bits per heavy atom. The molecule has 0 spiro atoms. The molecule has 0 aliphatic heterocycles. The van der Waals surface area contributed by atoms with Gasteiger partial charge < -0.3 is 10.1 Å². The zero-order chi connectivity index (χ0) is 14.5. The minimum absolute atomic E-state index is 0.268. The molecule has 2 rings (SSSR count). The summed E-state index contributed by atoms with van der Waals surface area (Å²) in [5, 5.41) is 3.44. The van der Waals surface area contributed by atoms with Crippen LogP contribution in [0.5, 0.6) is 5.75 Å². The summed E-state index contributed by atoms with van der Waals surface area (Å²) in [6, 6.07) is 11.2. The van der Waals surface area contributed by atoms with Gasteiger partial charge in [-0.3, -0.25) is 4.79 Å². The number of rotatable bonds is 4. The van der Waals surface area contributed by atoms with Crippen LogP contribution in [0.2, 0.25) is 0 Å². The highest BCUT2D eigenvalue weighted by Crippen LogP contribution is 2.25. The highest BCUT2D eigenvalue weighted by atomic mass is 79.9. The summed E-state index contributed by atoms with van der Waals surface area (Å²) in [6.07, 6.45) is 0. The Hall–Kier alpha value is -1.88. The normalized spacial score (nSPS) is 10.2. The van der Waals surface area contributed by atoms with Crippen LogP contribution in [0.3, 0.4) is 0 Å². The molecule has 104 valence electrons. The molecule has 0 saturated carbocycles. The molecule has 3 nitrogen and oxygen atoms in total. The second-order valence-corrected chi connectivity index (χ2v) is 4.69. The Morgan fingerprint density at radius 3 is 2.55 bits per heavy atom. The van der Waals surface area contributed by atoms with Gasteiger partial charge in [0.15, 0.2) is 0 Å². The number of nitrogens with one attached hydrogen (secondary N) is 1. The summed E-state index contributed by atoms with van der Waals surface area (Å²) in [5.41, 5.74) is 2.05. The Kier molecular flexibility index (Phi) is 4.74. The van der Waals surface area contributed by atoms with Crippen molar-refractivity contribution >= 4 is 27.5 Å². The fourth-order valence-corrected chi connectivity index (χ4v) is 2.08. The van der Waals surface area contributed by atoms with Crippen molar-refractivity contribution in [3.63, 3.8) is 0 Å². The molecule has 0 heterocycles. The number of carbonyl (C=O) groups excluding carboxylic acids is 1. The summed E-state index contributed by atoms with van der Waals surface area (Å²) >= 11 is 3.35. The Bertz CT molecular complexity index is 614. The van der Waals surface area contributed by atoms with E-state index in [2.05, 4.69) is 21.2 Å². The monoisotopic (exact) mass is 337 g/mol. The maximum Gasteiger partial charge on any atom is 0.255 e. The van der Waals surface area contributed by atoms with Crippen LogP contribution in [0.1, 0.15) is 15.9 Å². The van der Waals surface area contributed by atoms with E-state index in [0.29, 0.717) is 11.3 Å². The van der Waals surface area contributed by atoms with Gasteiger partial charge in [0, 0.05) is 17.0 Å². The topological polar surface area (TPSA) is 38.3 Å². The number of ether oxygens (including phenoxy) is 1. The number of hydrogen-bond acceptors (Lipinski definition) is 2. The molecule has 0 atom stereocenters. The minimum Gasteiger partial charge on any atom is -0.494 e. The molecule has 0 aliphatic carbocycles. The molecule has 0 radical (unpaired) electrons. The summed E-state index contributed by atoms with van der Waals surface area (Å²) in [5.74, 6) is -0.395. The van der Waals surface area contributed by atoms with Crippen molar-refractivity contribution in [1.82, 2.24) is 0 Å². The van der Waals surface area contributed by atoms with Crippen LogP contribution in [0.25, 0.3) is 0 Å². The first-order valence-corrected chi connectivity index (χ1v) is 7.06. The summed E-state index contributed by atoms with van der Waals surface area (Å²) in [6.45, 7) is 0. The summed E-state index contributed by atoms with van der Waals surface area (Å²) in [7, 11) is 1.43. The van der Waals surface area contributed by atoms with Crippen LogP contribution in [-0.4, -0.2) is 13.0 Å². The summed E-state index contributed by atoms with van der Waals surface area (Å²) in [4.78, 5) is 12.1. The van der Waals surface area contributed by atoms with Gasteiger partial charge in [-0.05, 0) is 29.8 Å². The third-order valence-corrected chi connectivity index (χ3v) is 3.43. The Balaban J connectivity index is 2.18. The van der Waals surface area contributed by atoms with E-state index in [1.54, 1.807) is 12.1 Å². The van der Waals surface area contributed by atoms with Crippen LogP contribution < -0.4 is 10.1 Å². The predicted molar refractivity (Wildman–Crippen MR) is 80.0 cm³/mol. The van der Waals surface area contributed by atoms with Crippen LogP contribution in [0.15, 0.2) is 42.5 Å². The maximum atomic E-state index is 13.1. The quantitative estimate of drug-likeness (QED) is 0.857. The number of alkyl halides is 1. The summed E-state index contributed by atoms with van der Waals surface area (Å²) < 4.78 is 18.1. The Labute approximate surface area is 124 Å². The predicted octanol–water partition coefficient (Wildman–Crippen LogP) is 3.98. The first-order chi connectivity index (χ1) is 9.63. The second-order valence-electron chi connectivity index (χ2n) is 4.13. The zero-order valence-electron chi connectivity index (χ0n) is 10.8. The van der Waals surface area contributed by atoms with Crippen LogP contribution >= 0.6 is 15.9 Å². The number of benzene rings is 2. The molecule has 0 aliphatic rings. The number of anilines is 1. The number of carbonyl (C=O) groups is 1. The molecule has 20 heavy (non-hydrogen) atoms. The molecular weight excluding hydrogens is 325 g/mol. The highest BCUT2D eigenvalue weighted by molar-refractivity contribution is 9.08. The van der Waals surface area contributed by atoms with Crippen LogP contribution in [0.4, 0.5) is 10.1 Å². The maximum absolute atomic E-state index is 13.1. The van der Waals surface area contributed by atoms with Gasteiger partial charge in [0.2, 0.25) is 0 Å². The number of amides is 1. The SMILES string of the molecule is COc1cc(F)ccc1NC(=O)c1ccc(CBr)cc1. The van der Waals surface area contributed by atoms with Crippen molar-refractivity contribution in [2.24, 2.45) is 0 Å². The molecule has 0 bridgehead atoms. The lowest BCUT2D eigenvalue weighted by molar-refractivity contribution is 0.102. The molecule has 0 aromatic heterocycles. The van der Waals surface area contributed by atoms with Crippen molar-refractivity contribution in [2.75, 3.05) is 12.4 Å². The van der Waals surface area contributed by atoms with Crippen LogP contribution in [0, 0.1) is 5.82 Å². The van der Waals surface area contributed by atoms with Crippen LogP contribution in [-0.2, 0) is 5.33 Å². The molecule has 2 aromatic rings. The van der Waals surface area contributed by atoms with Gasteiger partial charge in [-0.2, -0.15) is 0 Å². The molecule has 5 heteroatoms. The van der Waals surface area contributed by atoms with Gasteiger partial charge in [0.05, 0.1) is 12.8 Å². The van der Waals surface area contributed by atoms with Gasteiger partial charge >= 0.3 is 0 Å². The van der Waals surface area contributed by atoms with E-state index < -0.39 is 5.82 Å². The Morgan fingerprint density at radius 1 is 1.25 bits per heavy atom. The average molecular weight is 338 g/mol. The average Bonchev–Trinajstić information content (AvgIpc) is 2.49.